The van der Waals surface area contributed by atoms with Crippen LogP contribution in [-0.2, 0) is 0 Å². The molecule has 0 heterocycles. The minimum absolute atomic E-state index is 0.0456. The van der Waals surface area contributed by atoms with Crippen molar-refractivity contribution in [1.82, 2.24) is 5.43 Å². The molecule has 0 aliphatic rings. The molecule has 0 bridgehead atoms. The zero-order chi connectivity index (χ0) is 15.2. The first-order valence-electron chi connectivity index (χ1n) is 5.90. The molecule has 1 amide bonds. The summed E-state index contributed by atoms with van der Waals surface area (Å²) in [5.74, 6) is -0.646. The summed E-state index contributed by atoms with van der Waals surface area (Å²) in [6.07, 6.45) is 1.42. The van der Waals surface area contributed by atoms with Gasteiger partial charge in [-0.2, -0.15) is 5.10 Å². The van der Waals surface area contributed by atoms with E-state index in [1.54, 1.807) is 30.3 Å². The summed E-state index contributed by atoms with van der Waals surface area (Å²) >= 11 is 5.75. The first-order chi connectivity index (χ1) is 10.1. The van der Waals surface area contributed by atoms with Crippen molar-refractivity contribution in [2.24, 2.45) is 5.10 Å². The van der Waals surface area contributed by atoms with Gasteiger partial charge in [-0.15, -0.1) is 0 Å². The van der Waals surface area contributed by atoms with E-state index in [0.717, 1.165) is 5.56 Å². The van der Waals surface area contributed by atoms with Crippen molar-refractivity contribution < 1.29 is 9.72 Å². The Morgan fingerprint density at radius 1 is 1.19 bits per heavy atom. The number of benzene rings is 2. The van der Waals surface area contributed by atoms with Crippen LogP contribution in [0.25, 0.3) is 0 Å². The van der Waals surface area contributed by atoms with Crippen molar-refractivity contribution in [1.29, 1.82) is 0 Å². The standard InChI is InChI=1S/C14H10ClN3O3/c15-11-7-5-10(6-8-11)9-16-17-14(19)12-3-1-2-4-13(12)18(20)21/h1-9H,(H,17,19). The highest BCUT2D eigenvalue weighted by molar-refractivity contribution is 6.30. The summed E-state index contributed by atoms with van der Waals surface area (Å²) < 4.78 is 0. The summed E-state index contributed by atoms with van der Waals surface area (Å²) in [4.78, 5) is 22.1. The van der Waals surface area contributed by atoms with Gasteiger partial charge in [0.1, 0.15) is 5.56 Å². The van der Waals surface area contributed by atoms with Gasteiger partial charge in [0.25, 0.3) is 11.6 Å². The van der Waals surface area contributed by atoms with E-state index < -0.39 is 10.8 Å². The lowest BCUT2D eigenvalue weighted by molar-refractivity contribution is -0.385. The number of carbonyl (C=O) groups excluding carboxylic acids is 1. The average molecular weight is 304 g/mol. The molecule has 2 aromatic rings. The van der Waals surface area contributed by atoms with Crippen molar-refractivity contribution in [2.75, 3.05) is 0 Å². The summed E-state index contributed by atoms with van der Waals surface area (Å²) in [5.41, 5.74) is 2.68. The zero-order valence-corrected chi connectivity index (χ0v) is 11.4. The van der Waals surface area contributed by atoms with E-state index in [4.69, 9.17) is 11.6 Å². The van der Waals surface area contributed by atoms with Crippen molar-refractivity contribution in [2.45, 2.75) is 0 Å². The predicted molar refractivity (Wildman–Crippen MR) is 79.6 cm³/mol. The monoisotopic (exact) mass is 303 g/mol. The molecule has 0 aliphatic carbocycles. The molecule has 0 aromatic heterocycles. The normalized spacial score (nSPS) is 10.5. The van der Waals surface area contributed by atoms with Gasteiger partial charge in [0, 0.05) is 11.1 Å². The Labute approximate surface area is 125 Å². The number of nitrogens with one attached hydrogen (secondary N) is 1. The Hall–Kier alpha value is -2.73. The molecule has 21 heavy (non-hydrogen) atoms. The molecule has 2 rings (SSSR count). The molecule has 0 aliphatic heterocycles. The lowest BCUT2D eigenvalue weighted by atomic mass is 10.2. The van der Waals surface area contributed by atoms with Gasteiger partial charge in [-0.25, -0.2) is 5.43 Å². The predicted octanol–water partition coefficient (Wildman–Crippen LogP) is 3.01. The number of hydrogen-bond donors (Lipinski definition) is 1. The maximum absolute atomic E-state index is 11.9. The highest BCUT2D eigenvalue weighted by Crippen LogP contribution is 2.17. The number of hydrogen-bond acceptors (Lipinski definition) is 4. The summed E-state index contributed by atoms with van der Waals surface area (Å²) in [6, 6.07) is 12.5. The molecule has 2 aromatic carbocycles. The Morgan fingerprint density at radius 2 is 1.86 bits per heavy atom. The second kappa shape index (κ2) is 6.62. The number of halogens is 1. The van der Waals surface area contributed by atoms with E-state index in [0.29, 0.717) is 5.02 Å². The second-order valence-corrected chi connectivity index (χ2v) is 4.46. The molecular formula is C14H10ClN3O3. The number of nitrogens with zero attached hydrogens (tertiary/aromatic N) is 2. The van der Waals surface area contributed by atoms with Gasteiger partial charge in [0.15, 0.2) is 0 Å². The summed E-state index contributed by atoms with van der Waals surface area (Å²) in [7, 11) is 0. The van der Waals surface area contributed by atoms with E-state index in [-0.39, 0.29) is 11.3 Å². The third kappa shape index (κ3) is 3.87. The van der Waals surface area contributed by atoms with Crippen LogP contribution in [0.1, 0.15) is 15.9 Å². The molecule has 0 saturated carbocycles. The van der Waals surface area contributed by atoms with Gasteiger partial charge in [-0.1, -0.05) is 35.9 Å². The number of carbonyl (C=O) groups is 1. The summed E-state index contributed by atoms with van der Waals surface area (Å²) in [5, 5.41) is 15.2. The molecule has 0 saturated heterocycles. The fourth-order valence-corrected chi connectivity index (χ4v) is 1.73. The van der Waals surface area contributed by atoms with Crippen molar-refractivity contribution in [3.63, 3.8) is 0 Å². The zero-order valence-electron chi connectivity index (χ0n) is 10.7. The van der Waals surface area contributed by atoms with Crippen molar-refractivity contribution >= 4 is 29.4 Å². The minimum Gasteiger partial charge on any atom is -0.267 e. The number of amides is 1. The largest absolute Gasteiger partial charge is 0.282 e. The van der Waals surface area contributed by atoms with Gasteiger partial charge in [-0.05, 0) is 23.8 Å². The quantitative estimate of drug-likeness (QED) is 0.535. The van der Waals surface area contributed by atoms with Crippen molar-refractivity contribution in [3.05, 3.63) is 74.8 Å². The Morgan fingerprint density at radius 3 is 2.52 bits per heavy atom. The van der Waals surface area contributed by atoms with Crippen LogP contribution in [0, 0.1) is 10.1 Å². The fraction of sp³-hybridized carbons (Fsp3) is 0. The number of rotatable bonds is 4. The maximum Gasteiger partial charge on any atom is 0.282 e. The fourth-order valence-electron chi connectivity index (χ4n) is 1.60. The van der Waals surface area contributed by atoms with Crippen LogP contribution in [0.4, 0.5) is 5.69 Å². The van der Waals surface area contributed by atoms with Gasteiger partial charge >= 0.3 is 0 Å². The average Bonchev–Trinajstić information content (AvgIpc) is 2.49. The molecule has 0 spiro atoms. The first-order valence-corrected chi connectivity index (χ1v) is 6.28. The first kappa shape index (κ1) is 14.7. The molecule has 0 fully saturated rings. The molecule has 1 N–H and O–H groups in total. The van der Waals surface area contributed by atoms with E-state index in [1.807, 2.05) is 0 Å². The summed E-state index contributed by atoms with van der Waals surface area (Å²) in [6.45, 7) is 0. The highest BCUT2D eigenvalue weighted by atomic mass is 35.5. The number of para-hydroxylation sites is 1. The van der Waals surface area contributed by atoms with Crippen LogP contribution in [0.2, 0.25) is 5.02 Å². The van der Waals surface area contributed by atoms with Gasteiger partial charge in [0.05, 0.1) is 11.1 Å². The smallest absolute Gasteiger partial charge is 0.267 e. The number of nitro benzene ring substituents is 1. The van der Waals surface area contributed by atoms with Crippen LogP contribution >= 0.6 is 11.6 Å². The van der Waals surface area contributed by atoms with Crippen molar-refractivity contribution in [3.8, 4) is 0 Å². The second-order valence-electron chi connectivity index (χ2n) is 4.02. The topological polar surface area (TPSA) is 84.6 Å². The Balaban J connectivity index is 2.08. The van der Waals surface area contributed by atoms with Gasteiger partial charge in [-0.3, -0.25) is 14.9 Å². The number of nitro groups is 1. The SMILES string of the molecule is O=C(NN=Cc1ccc(Cl)cc1)c1ccccc1[N+](=O)[O-]. The van der Waals surface area contributed by atoms with Crippen LogP contribution in [-0.4, -0.2) is 17.0 Å². The molecule has 0 unspecified atom stereocenters. The van der Waals surface area contributed by atoms with Crippen LogP contribution in [0.15, 0.2) is 53.6 Å². The maximum atomic E-state index is 11.9. The molecular weight excluding hydrogens is 294 g/mol. The van der Waals surface area contributed by atoms with Gasteiger partial charge in [0.2, 0.25) is 0 Å². The van der Waals surface area contributed by atoms with Crippen LogP contribution in [0.5, 0.6) is 0 Å². The van der Waals surface area contributed by atoms with E-state index in [1.165, 1.54) is 24.4 Å². The van der Waals surface area contributed by atoms with Gasteiger partial charge < -0.3 is 0 Å². The van der Waals surface area contributed by atoms with E-state index >= 15 is 0 Å². The molecule has 0 radical (unpaired) electrons. The molecule has 7 heteroatoms. The molecule has 0 atom stereocenters. The Kier molecular flexibility index (Phi) is 4.63. The third-order valence-corrected chi connectivity index (χ3v) is 2.85. The minimum atomic E-state index is -0.646. The lowest BCUT2D eigenvalue weighted by Crippen LogP contribution is -2.18. The van der Waals surface area contributed by atoms with Crippen LogP contribution in [0.3, 0.4) is 0 Å². The van der Waals surface area contributed by atoms with E-state index in [9.17, 15) is 14.9 Å². The lowest BCUT2D eigenvalue weighted by Gasteiger charge is -2.01. The molecule has 106 valence electrons. The number of hydrazone groups is 1. The highest BCUT2D eigenvalue weighted by Gasteiger charge is 2.18. The third-order valence-electron chi connectivity index (χ3n) is 2.60. The Bertz CT molecular complexity index is 699. The van der Waals surface area contributed by atoms with E-state index in [2.05, 4.69) is 10.5 Å². The van der Waals surface area contributed by atoms with Crippen LogP contribution < -0.4 is 5.43 Å². The molecule has 6 nitrogen and oxygen atoms in total.